The molecule has 2 N–H and O–H groups in total. The van der Waals surface area contributed by atoms with Gasteiger partial charge in [0.05, 0.1) is 11.5 Å². The molecule has 2 saturated heterocycles. The number of amides is 2. The van der Waals surface area contributed by atoms with Gasteiger partial charge in [-0.15, -0.1) is 0 Å². The summed E-state index contributed by atoms with van der Waals surface area (Å²) in [6.07, 6.45) is 3.18. The van der Waals surface area contributed by atoms with Gasteiger partial charge in [0, 0.05) is 44.2 Å². The third-order valence-corrected chi connectivity index (χ3v) is 5.63. The molecule has 1 atom stereocenters. The molecule has 2 amide bonds. The molecule has 3 rings (SSSR count). The summed E-state index contributed by atoms with van der Waals surface area (Å²) in [4.78, 5) is 45.3. The Bertz CT molecular complexity index is 754. The summed E-state index contributed by atoms with van der Waals surface area (Å²) in [7, 11) is 0. The summed E-state index contributed by atoms with van der Waals surface area (Å²) >= 11 is 0. The zero-order chi connectivity index (χ0) is 19.7. The van der Waals surface area contributed by atoms with Crippen molar-refractivity contribution in [2.24, 2.45) is 11.8 Å². The molecule has 1 unspecified atom stereocenters. The smallest absolute Gasteiger partial charge is 0.227 e. The van der Waals surface area contributed by atoms with Crippen molar-refractivity contribution in [3.05, 3.63) is 23.4 Å². The van der Waals surface area contributed by atoms with Crippen LogP contribution >= 0.6 is 0 Å². The Morgan fingerprint density at radius 2 is 1.89 bits per heavy atom. The number of anilines is 1. The second-order valence-electron chi connectivity index (χ2n) is 7.95. The summed E-state index contributed by atoms with van der Waals surface area (Å²) in [6.45, 7) is 7.40. The number of nitrogens with two attached hydrogens (primary N) is 1. The van der Waals surface area contributed by atoms with Crippen LogP contribution in [0.4, 0.5) is 5.82 Å². The molecule has 2 fully saturated rings. The predicted octanol–water partition coefficient (Wildman–Crippen LogP) is 1.65. The topological polar surface area (TPSA) is 96.6 Å². The predicted molar refractivity (Wildman–Crippen MR) is 102 cm³/mol. The lowest BCUT2D eigenvalue weighted by Crippen LogP contribution is -2.44. The van der Waals surface area contributed by atoms with Gasteiger partial charge in [-0.2, -0.15) is 0 Å². The molecule has 3 heterocycles. The number of piperidine rings is 1. The van der Waals surface area contributed by atoms with Crippen LogP contribution in [-0.2, 0) is 9.59 Å². The van der Waals surface area contributed by atoms with Gasteiger partial charge in [-0.05, 0) is 45.2 Å². The Morgan fingerprint density at radius 1 is 1.22 bits per heavy atom. The number of nitrogens with zero attached hydrogens (tertiary/aromatic N) is 3. The van der Waals surface area contributed by atoms with Crippen molar-refractivity contribution in [2.75, 3.05) is 25.4 Å². The van der Waals surface area contributed by atoms with Crippen LogP contribution in [0.15, 0.2) is 12.3 Å². The number of carbonyl (C=O) groups excluding carboxylic acids is 3. The van der Waals surface area contributed by atoms with Crippen LogP contribution in [0.1, 0.15) is 49.0 Å². The van der Waals surface area contributed by atoms with Crippen molar-refractivity contribution < 1.29 is 14.4 Å². The molecule has 1 aromatic rings. The Morgan fingerprint density at radius 3 is 2.48 bits per heavy atom. The highest BCUT2D eigenvalue weighted by molar-refractivity contribution is 6.01. The fourth-order valence-electron chi connectivity index (χ4n) is 4.01. The lowest BCUT2D eigenvalue weighted by atomic mass is 9.88. The van der Waals surface area contributed by atoms with Gasteiger partial charge in [-0.25, -0.2) is 4.98 Å². The van der Waals surface area contributed by atoms with Crippen molar-refractivity contribution in [2.45, 2.75) is 46.1 Å². The van der Waals surface area contributed by atoms with Crippen LogP contribution in [-0.4, -0.2) is 58.1 Å². The molecule has 7 heteroatoms. The monoisotopic (exact) mass is 372 g/mol. The minimum Gasteiger partial charge on any atom is -0.383 e. The van der Waals surface area contributed by atoms with E-state index in [1.54, 1.807) is 17.2 Å². The van der Waals surface area contributed by atoms with E-state index in [-0.39, 0.29) is 41.3 Å². The van der Waals surface area contributed by atoms with Gasteiger partial charge in [0.1, 0.15) is 5.82 Å². The van der Waals surface area contributed by atoms with Gasteiger partial charge < -0.3 is 15.5 Å². The highest BCUT2D eigenvalue weighted by atomic mass is 16.2. The maximum Gasteiger partial charge on any atom is 0.227 e. The minimum atomic E-state index is -0.260. The third-order valence-electron chi connectivity index (χ3n) is 5.63. The van der Waals surface area contributed by atoms with Crippen molar-refractivity contribution in [3.63, 3.8) is 0 Å². The Labute approximate surface area is 159 Å². The molecule has 0 bridgehead atoms. The molecule has 2 aliphatic rings. The number of hydrogen-bond acceptors (Lipinski definition) is 5. The Kier molecular flexibility index (Phi) is 5.48. The maximum atomic E-state index is 12.8. The number of pyridine rings is 1. The van der Waals surface area contributed by atoms with E-state index in [4.69, 9.17) is 5.73 Å². The van der Waals surface area contributed by atoms with Crippen LogP contribution in [0.5, 0.6) is 0 Å². The van der Waals surface area contributed by atoms with Crippen molar-refractivity contribution >= 4 is 23.4 Å². The Balaban J connectivity index is 1.59. The highest BCUT2D eigenvalue weighted by Crippen LogP contribution is 2.27. The van der Waals surface area contributed by atoms with E-state index in [2.05, 4.69) is 4.98 Å². The largest absolute Gasteiger partial charge is 0.383 e. The van der Waals surface area contributed by atoms with Crippen LogP contribution in [0.25, 0.3) is 0 Å². The van der Waals surface area contributed by atoms with Crippen LogP contribution in [0, 0.1) is 18.8 Å². The number of nitrogen functional groups attached to an aromatic ring is 1. The molecule has 0 saturated carbocycles. The summed E-state index contributed by atoms with van der Waals surface area (Å²) in [5, 5.41) is 0. The first-order valence-corrected chi connectivity index (χ1v) is 9.62. The third kappa shape index (κ3) is 3.96. The molecule has 0 radical (unpaired) electrons. The number of likely N-dealkylation sites (tertiary alicyclic amines) is 2. The summed E-state index contributed by atoms with van der Waals surface area (Å²) in [5.41, 5.74) is 7.26. The molecular weight excluding hydrogens is 344 g/mol. The fourth-order valence-corrected chi connectivity index (χ4v) is 4.01. The van der Waals surface area contributed by atoms with Gasteiger partial charge in [-0.1, -0.05) is 0 Å². The zero-order valence-electron chi connectivity index (χ0n) is 16.3. The van der Waals surface area contributed by atoms with E-state index < -0.39 is 0 Å². The molecule has 0 spiro atoms. The molecule has 0 aromatic carbocycles. The van der Waals surface area contributed by atoms with Crippen LogP contribution in [0.3, 0.4) is 0 Å². The van der Waals surface area contributed by atoms with Crippen LogP contribution in [0.2, 0.25) is 0 Å². The number of ketones is 1. The second-order valence-corrected chi connectivity index (χ2v) is 7.95. The van der Waals surface area contributed by atoms with Gasteiger partial charge in [0.25, 0.3) is 0 Å². The normalized spacial score (nSPS) is 21.2. The van der Waals surface area contributed by atoms with Gasteiger partial charge in [-0.3, -0.25) is 14.4 Å². The number of aryl methyl sites for hydroxylation is 1. The summed E-state index contributed by atoms with van der Waals surface area (Å²) in [6, 6.07) is 1.90. The molecule has 2 aliphatic heterocycles. The standard InChI is InChI=1S/C20H28N4O3/c1-12(2)24-11-15(9-17(24)25)20(27)23-6-4-14(5-7-23)18(26)16-8-13(3)10-22-19(16)21/h8,10,12,14-15H,4-7,9,11H2,1-3H3,(H2,21,22). The quantitative estimate of drug-likeness (QED) is 0.811. The summed E-state index contributed by atoms with van der Waals surface area (Å²) in [5.74, 6) is -0.0359. The molecule has 1 aromatic heterocycles. The van der Waals surface area contributed by atoms with Crippen molar-refractivity contribution in [1.82, 2.24) is 14.8 Å². The van der Waals surface area contributed by atoms with E-state index in [0.717, 1.165) is 5.56 Å². The van der Waals surface area contributed by atoms with E-state index >= 15 is 0 Å². The first kappa shape index (κ1) is 19.3. The number of aromatic nitrogens is 1. The molecular formula is C20H28N4O3. The van der Waals surface area contributed by atoms with E-state index in [0.29, 0.717) is 44.5 Å². The van der Waals surface area contributed by atoms with Gasteiger partial charge >= 0.3 is 0 Å². The average Bonchev–Trinajstić information content (AvgIpc) is 3.04. The minimum absolute atomic E-state index is 0.0119. The SMILES string of the molecule is Cc1cnc(N)c(C(=O)C2CCN(C(=O)C3CC(=O)N(C(C)C)C3)CC2)c1. The van der Waals surface area contributed by atoms with Gasteiger partial charge in [0.2, 0.25) is 11.8 Å². The lowest BCUT2D eigenvalue weighted by Gasteiger charge is -2.33. The number of rotatable bonds is 4. The lowest BCUT2D eigenvalue weighted by molar-refractivity contribution is -0.137. The average molecular weight is 372 g/mol. The fraction of sp³-hybridized carbons (Fsp3) is 0.600. The zero-order valence-corrected chi connectivity index (χ0v) is 16.3. The Hall–Kier alpha value is -2.44. The number of carbonyl (C=O) groups is 3. The van der Waals surface area contributed by atoms with Gasteiger partial charge in [0.15, 0.2) is 5.78 Å². The van der Waals surface area contributed by atoms with Crippen molar-refractivity contribution in [1.29, 1.82) is 0 Å². The van der Waals surface area contributed by atoms with Crippen LogP contribution < -0.4 is 5.73 Å². The number of hydrogen-bond donors (Lipinski definition) is 1. The molecule has 7 nitrogen and oxygen atoms in total. The molecule has 0 aliphatic carbocycles. The summed E-state index contributed by atoms with van der Waals surface area (Å²) < 4.78 is 0. The molecule has 27 heavy (non-hydrogen) atoms. The van der Waals surface area contributed by atoms with Crippen molar-refractivity contribution in [3.8, 4) is 0 Å². The van der Waals surface area contributed by atoms with E-state index in [1.807, 2.05) is 25.7 Å². The first-order valence-electron chi connectivity index (χ1n) is 9.62. The molecule has 146 valence electrons. The number of Topliss-reactive ketones (excluding diaryl/α,β-unsaturated/α-hetero) is 1. The highest BCUT2D eigenvalue weighted by Gasteiger charge is 2.39. The second kappa shape index (κ2) is 7.66. The van der Waals surface area contributed by atoms with E-state index in [9.17, 15) is 14.4 Å². The first-order chi connectivity index (χ1) is 12.8. The van der Waals surface area contributed by atoms with E-state index in [1.165, 1.54) is 0 Å². The maximum absolute atomic E-state index is 12.8.